The van der Waals surface area contributed by atoms with Crippen LogP contribution in [0.1, 0.15) is 31.1 Å². The minimum atomic E-state index is -3.64. The fraction of sp³-hybridized carbons (Fsp3) is 0.462. The summed E-state index contributed by atoms with van der Waals surface area (Å²) in [7, 11) is -3.64. The third kappa shape index (κ3) is 6.03. The lowest BCUT2D eigenvalue weighted by Gasteiger charge is -2.12. The van der Waals surface area contributed by atoms with Crippen molar-refractivity contribution in [1.82, 2.24) is 4.72 Å². The molecule has 0 atom stereocenters. The molecule has 0 aromatic heterocycles. The van der Waals surface area contributed by atoms with Crippen molar-refractivity contribution in [3.05, 3.63) is 28.2 Å². The number of anilines is 1. The van der Waals surface area contributed by atoms with Gasteiger partial charge in [0.25, 0.3) is 10.2 Å². The Hall–Kier alpha value is -1.12. The van der Waals surface area contributed by atoms with E-state index in [1.807, 2.05) is 13.8 Å². The molecule has 0 radical (unpaired) electrons. The highest BCUT2D eigenvalue weighted by Crippen LogP contribution is 2.24. The molecule has 2 N–H and O–H groups in total. The first-order valence-corrected chi connectivity index (χ1v) is 8.77. The maximum Gasteiger partial charge on any atom is 0.338 e. The van der Waals surface area contributed by atoms with Gasteiger partial charge in [-0.3, -0.25) is 4.72 Å². The van der Waals surface area contributed by atoms with Gasteiger partial charge in [0, 0.05) is 11.0 Å². The molecule has 0 fully saturated rings. The van der Waals surface area contributed by atoms with E-state index >= 15 is 0 Å². The second-order valence-corrected chi connectivity index (χ2v) is 7.12. The molecule has 8 heteroatoms. The Balaban J connectivity index is 2.83. The van der Waals surface area contributed by atoms with E-state index in [1.165, 1.54) is 18.2 Å². The van der Waals surface area contributed by atoms with Crippen LogP contribution in [0, 0.1) is 5.92 Å². The molecule has 0 amide bonds. The largest absolute Gasteiger partial charge is 0.462 e. The smallest absolute Gasteiger partial charge is 0.338 e. The van der Waals surface area contributed by atoms with Gasteiger partial charge in [0.15, 0.2) is 0 Å². The molecule has 0 aliphatic rings. The Morgan fingerprint density at radius 2 is 2.05 bits per heavy atom. The first kappa shape index (κ1) is 17.9. The number of benzene rings is 1. The van der Waals surface area contributed by atoms with Crippen molar-refractivity contribution in [3.63, 3.8) is 0 Å². The highest BCUT2D eigenvalue weighted by Gasteiger charge is 2.14. The number of carbonyl (C=O) groups is 1. The highest BCUT2D eigenvalue weighted by molar-refractivity contribution is 9.10. The number of esters is 1. The Morgan fingerprint density at radius 1 is 1.38 bits per heavy atom. The van der Waals surface area contributed by atoms with Crippen LogP contribution >= 0.6 is 15.9 Å². The van der Waals surface area contributed by atoms with Crippen LogP contribution in [0.3, 0.4) is 0 Å². The summed E-state index contributed by atoms with van der Waals surface area (Å²) in [4.78, 5) is 11.6. The number of nitrogens with one attached hydrogen (secondary N) is 2. The molecule has 1 aromatic rings. The molecule has 0 saturated heterocycles. The molecule has 0 spiro atoms. The maximum absolute atomic E-state index is 11.8. The van der Waals surface area contributed by atoms with Crippen LogP contribution in [0.5, 0.6) is 0 Å². The van der Waals surface area contributed by atoms with Crippen molar-refractivity contribution in [3.8, 4) is 0 Å². The predicted octanol–water partition coefficient (Wildman–Crippen LogP) is 2.53. The van der Waals surface area contributed by atoms with Crippen molar-refractivity contribution in [1.29, 1.82) is 0 Å². The zero-order chi connectivity index (χ0) is 16.0. The molecule has 21 heavy (non-hydrogen) atoms. The number of ether oxygens (including phenoxy) is 1. The molecule has 1 aromatic carbocycles. The number of halogens is 1. The predicted molar refractivity (Wildman–Crippen MR) is 85.5 cm³/mol. The van der Waals surface area contributed by atoms with Gasteiger partial charge in [-0.15, -0.1) is 0 Å². The summed E-state index contributed by atoms with van der Waals surface area (Å²) in [5.41, 5.74) is 0.695. The molecule has 0 saturated carbocycles. The van der Waals surface area contributed by atoms with Gasteiger partial charge in [-0.25, -0.2) is 4.79 Å². The Bertz CT molecular complexity index is 602. The van der Waals surface area contributed by atoms with E-state index in [0.717, 1.165) is 0 Å². The van der Waals surface area contributed by atoms with Crippen LogP contribution in [-0.2, 0) is 14.9 Å². The van der Waals surface area contributed by atoms with Gasteiger partial charge in [0.2, 0.25) is 0 Å². The summed E-state index contributed by atoms with van der Waals surface area (Å²) in [6.07, 6.45) is 0. The average Bonchev–Trinajstić information content (AvgIpc) is 2.39. The Kier molecular flexibility index (Phi) is 6.63. The lowest BCUT2D eigenvalue weighted by molar-refractivity contribution is 0.0526. The number of hydrogen-bond donors (Lipinski definition) is 2. The third-order valence-electron chi connectivity index (χ3n) is 2.41. The monoisotopic (exact) mass is 378 g/mol. The van der Waals surface area contributed by atoms with E-state index in [4.69, 9.17) is 4.74 Å². The van der Waals surface area contributed by atoms with E-state index in [-0.39, 0.29) is 12.5 Å². The molecule has 1 rings (SSSR count). The minimum absolute atomic E-state index is 0.205. The van der Waals surface area contributed by atoms with Gasteiger partial charge >= 0.3 is 5.97 Å². The summed E-state index contributed by atoms with van der Waals surface area (Å²) >= 11 is 3.24. The summed E-state index contributed by atoms with van der Waals surface area (Å²) in [5, 5.41) is 0. The number of hydrogen-bond acceptors (Lipinski definition) is 4. The van der Waals surface area contributed by atoms with Crippen LogP contribution in [0.4, 0.5) is 5.69 Å². The van der Waals surface area contributed by atoms with Crippen molar-refractivity contribution in [2.75, 3.05) is 17.9 Å². The van der Waals surface area contributed by atoms with E-state index in [2.05, 4.69) is 25.4 Å². The average molecular weight is 379 g/mol. The molecule has 0 unspecified atom stereocenters. The molecule has 0 heterocycles. The normalized spacial score (nSPS) is 11.5. The highest BCUT2D eigenvalue weighted by atomic mass is 79.9. The fourth-order valence-electron chi connectivity index (χ4n) is 1.40. The van der Waals surface area contributed by atoms with E-state index < -0.39 is 16.2 Å². The molecule has 0 aliphatic carbocycles. The van der Waals surface area contributed by atoms with Gasteiger partial charge < -0.3 is 4.74 Å². The first-order valence-electron chi connectivity index (χ1n) is 6.49. The standard InChI is InChI=1S/C13H19BrN2O4S/c1-4-20-13(17)10-5-6-12(11(14)7-10)16-21(18,19)15-8-9(2)3/h5-7,9,15-16H,4,8H2,1-3H3. The Morgan fingerprint density at radius 3 is 2.57 bits per heavy atom. The molecule has 0 aliphatic heterocycles. The van der Waals surface area contributed by atoms with Crippen LogP contribution in [0.2, 0.25) is 0 Å². The molecular weight excluding hydrogens is 360 g/mol. The lowest BCUT2D eigenvalue weighted by Crippen LogP contribution is -2.33. The van der Waals surface area contributed by atoms with Gasteiger partial charge in [-0.2, -0.15) is 13.1 Å². The van der Waals surface area contributed by atoms with E-state index in [9.17, 15) is 13.2 Å². The summed E-state index contributed by atoms with van der Waals surface area (Å²) in [5.74, 6) is -0.248. The van der Waals surface area contributed by atoms with E-state index in [1.54, 1.807) is 6.92 Å². The van der Waals surface area contributed by atoms with Crippen molar-refractivity contribution >= 4 is 37.8 Å². The fourth-order valence-corrected chi connectivity index (χ4v) is 3.10. The summed E-state index contributed by atoms with van der Waals surface area (Å²) < 4.78 is 33.9. The van der Waals surface area contributed by atoms with Crippen molar-refractivity contribution < 1.29 is 17.9 Å². The van der Waals surface area contributed by atoms with E-state index in [0.29, 0.717) is 22.3 Å². The van der Waals surface area contributed by atoms with Gasteiger partial charge in [0.05, 0.1) is 17.9 Å². The topological polar surface area (TPSA) is 84.5 Å². The quantitative estimate of drug-likeness (QED) is 0.713. The van der Waals surface area contributed by atoms with Crippen molar-refractivity contribution in [2.45, 2.75) is 20.8 Å². The maximum atomic E-state index is 11.8. The lowest BCUT2D eigenvalue weighted by atomic mass is 10.2. The second-order valence-electron chi connectivity index (χ2n) is 4.76. The molecule has 118 valence electrons. The van der Waals surface area contributed by atoms with Gasteiger partial charge in [-0.1, -0.05) is 13.8 Å². The molecule has 0 bridgehead atoms. The zero-order valence-electron chi connectivity index (χ0n) is 12.1. The summed E-state index contributed by atoms with van der Waals surface area (Å²) in [6.45, 7) is 6.16. The van der Waals surface area contributed by atoms with Gasteiger partial charge in [0.1, 0.15) is 0 Å². The number of carbonyl (C=O) groups excluding carboxylic acids is 1. The second kappa shape index (κ2) is 7.77. The molecular formula is C13H19BrN2O4S. The Labute approximate surface area is 133 Å². The first-order chi connectivity index (χ1) is 9.75. The van der Waals surface area contributed by atoms with Crippen LogP contribution in [0.25, 0.3) is 0 Å². The SMILES string of the molecule is CCOC(=O)c1ccc(NS(=O)(=O)NCC(C)C)c(Br)c1. The minimum Gasteiger partial charge on any atom is -0.462 e. The van der Waals surface area contributed by atoms with Crippen LogP contribution in [0.15, 0.2) is 22.7 Å². The van der Waals surface area contributed by atoms with Crippen LogP contribution < -0.4 is 9.44 Å². The third-order valence-corrected chi connectivity index (χ3v) is 4.10. The van der Waals surface area contributed by atoms with Crippen molar-refractivity contribution in [2.24, 2.45) is 5.92 Å². The zero-order valence-corrected chi connectivity index (χ0v) is 14.5. The van der Waals surface area contributed by atoms with Crippen LogP contribution in [-0.4, -0.2) is 27.5 Å². The van der Waals surface area contributed by atoms with Gasteiger partial charge in [-0.05, 0) is 47.0 Å². The summed E-state index contributed by atoms with van der Waals surface area (Å²) in [6, 6.07) is 4.52. The molecule has 6 nitrogen and oxygen atoms in total. The number of rotatable bonds is 7.